The molecule has 0 aromatic heterocycles. The summed E-state index contributed by atoms with van der Waals surface area (Å²) >= 11 is 6.08. The third-order valence-corrected chi connectivity index (χ3v) is 4.32. The molecule has 0 amide bonds. The van der Waals surface area contributed by atoms with Crippen LogP contribution >= 0.6 is 11.6 Å². The largest absolute Gasteiger partial charge is 0.385 e. The first-order chi connectivity index (χ1) is 6.87. The van der Waals surface area contributed by atoms with Crippen LogP contribution in [0.4, 0.5) is 0 Å². The molecule has 0 radical (unpaired) electrons. The zero-order valence-corrected chi connectivity index (χ0v) is 10.2. The van der Waals surface area contributed by atoms with Gasteiger partial charge in [0.2, 0.25) is 0 Å². The van der Waals surface area contributed by atoms with E-state index >= 15 is 0 Å². The fraction of sp³-hybridized carbons (Fsp3) is 0.538. The van der Waals surface area contributed by atoms with Crippen LogP contribution in [0.25, 0.3) is 0 Å². The van der Waals surface area contributed by atoms with Crippen molar-refractivity contribution >= 4 is 11.6 Å². The summed E-state index contributed by atoms with van der Waals surface area (Å²) in [6.45, 7) is 5.99. The van der Waals surface area contributed by atoms with Crippen molar-refractivity contribution in [3.05, 3.63) is 34.3 Å². The Bertz CT molecular complexity index is 392. The van der Waals surface area contributed by atoms with Gasteiger partial charge in [0.05, 0.1) is 5.60 Å². The van der Waals surface area contributed by atoms with Gasteiger partial charge in [-0.25, -0.2) is 0 Å². The Morgan fingerprint density at radius 3 is 2.47 bits per heavy atom. The quantitative estimate of drug-likeness (QED) is 0.813. The normalized spacial score (nSPS) is 22.2. The lowest BCUT2D eigenvalue weighted by Gasteiger charge is -2.31. The summed E-state index contributed by atoms with van der Waals surface area (Å²) in [5.74, 6) is 0. The fourth-order valence-electron chi connectivity index (χ4n) is 1.92. The standard InChI is InChI=1S/C13H17ClO/c1-9-4-5-10(8-11(9)14)13(3,15)12(2)6-7-12/h4-5,8,15H,6-7H2,1-3H3. The van der Waals surface area contributed by atoms with Crippen LogP contribution in [0.3, 0.4) is 0 Å². The van der Waals surface area contributed by atoms with Crippen molar-refractivity contribution in [2.24, 2.45) is 5.41 Å². The van der Waals surface area contributed by atoms with Crippen molar-refractivity contribution in [2.45, 2.75) is 39.2 Å². The Labute approximate surface area is 96.1 Å². The molecular weight excluding hydrogens is 208 g/mol. The smallest absolute Gasteiger partial charge is 0.0922 e. The van der Waals surface area contributed by atoms with Crippen molar-refractivity contribution in [3.8, 4) is 0 Å². The average molecular weight is 225 g/mol. The minimum Gasteiger partial charge on any atom is -0.385 e. The van der Waals surface area contributed by atoms with Crippen LogP contribution in [0.15, 0.2) is 18.2 Å². The summed E-state index contributed by atoms with van der Waals surface area (Å²) < 4.78 is 0. The van der Waals surface area contributed by atoms with Gasteiger partial charge in [0.25, 0.3) is 0 Å². The molecule has 1 aliphatic carbocycles. The third-order valence-electron chi connectivity index (χ3n) is 3.91. The minimum atomic E-state index is -0.760. The van der Waals surface area contributed by atoms with E-state index in [0.717, 1.165) is 29.0 Å². The van der Waals surface area contributed by atoms with Gasteiger partial charge >= 0.3 is 0 Å². The number of hydrogen-bond acceptors (Lipinski definition) is 1. The van der Waals surface area contributed by atoms with Gasteiger partial charge in [0.1, 0.15) is 0 Å². The molecule has 1 aliphatic rings. The molecule has 1 nitrogen and oxygen atoms in total. The van der Waals surface area contributed by atoms with E-state index in [0.29, 0.717) is 0 Å². The van der Waals surface area contributed by atoms with Crippen LogP contribution in [0.2, 0.25) is 5.02 Å². The van der Waals surface area contributed by atoms with Crippen LogP contribution in [0, 0.1) is 12.3 Å². The molecule has 1 aromatic rings. The number of aliphatic hydroxyl groups is 1. The Morgan fingerprint density at radius 2 is 2.00 bits per heavy atom. The molecule has 0 bridgehead atoms. The topological polar surface area (TPSA) is 20.2 Å². The predicted molar refractivity (Wildman–Crippen MR) is 63.1 cm³/mol. The van der Waals surface area contributed by atoms with Crippen molar-refractivity contribution < 1.29 is 5.11 Å². The summed E-state index contributed by atoms with van der Waals surface area (Å²) in [6.07, 6.45) is 2.18. The van der Waals surface area contributed by atoms with Gasteiger partial charge in [0, 0.05) is 10.4 Å². The van der Waals surface area contributed by atoms with Crippen molar-refractivity contribution in [2.75, 3.05) is 0 Å². The number of benzene rings is 1. The van der Waals surface area contributed by atoms with Gasteiger partial charge in [-0.15, -0.1) is 0 Å². The SMILES string of the molecule is Cc1ccc(C(C)(O)C2(C)CC2)cc1Cl. The molecule has 1 atom stereocenters. The lowest BCUT2D eigenvalue weighted by molar-refractivity contribution is -0.0126. The van der Waals surface area contributed by atoms with Crippen LogP contribution in [0.5, 0.6) is 0 Å². The maximum Gasteiger partial charge on any atom is 0.0922 e. The van der Waals surface area contributed by atoms with E-state index in [4.69, 9.17) is 11.6 Å². The van der Waals surface area contributed by atoms with Crippen LogP contribution in [-0.2, 0) is 5.60 Å². The van der Waals surface area contributed by atoms with Gasteiger partial charge < -0.3 is 5.11 Å². The van der Waals surface area contributed by atoms with Gasteiger partial charge in [-0.3, -0.25) is 0 Å². The molecule has 0 aliphatic heterocycles. The van der Waals surface area contributed by atoms with Gasteiger partial charge in [-0.1, -0.05) is 30.7 Å². The van der Waals surface area contributed by atoms with Gasteiger partial charge in [0.15, 0.2) is 0 Å². The molecular formula is C13H17ClO. The molecule has 1 fully saturated rings. The lowest BCUT2D eigenvalue weighted by atomic mass is 9.81. The molecule has 1 N–H and O–H groups in total. The molecule has 2 heteroatoms. The van der Waals surface area contributed by atoms with Gasteiger partial charge in [-0.05, 0) is 43.9 Å². The molecule has 15 heavy (non-hydrogen) atoms. The molecule has 0 saturated heterocycles. The minimum absolute atomic E-state index is 0.0333. The Hall–Kier alpha value is -0.530. The second kappa shape index (κ2) is 3.23. The molecule has 0 heterocycles. The highest BCUT2D eigenvalue weighted by atomic mass is 35.5. The highest BCUT2D eigenvalue weighted by Crippen LogP contribution is 2.57. The average Bonchev–Trinajstić information content (AvgIpc) is 2.90. The molecule has 1 saturated carbocycles. The second-order valence-corrected chi connectivity index (χ2v) is 5.50. The van der Waals surface area contributed by atoms with E-state index in [1.165, 1.54) is 0 Å². The van der Waals surface area contributed by atoms with Gasteiger partial charge in [-0.2, -0.15) is 0 Å². The molecule has 1 aromatic carbocycles. The molecule has 1 unspecified atom stereocenters. The number of rotatable bonds is 2. The fourth-order valence-corrected chi connectivity index (χ4v) is 2.10. The zero-order valence-electron chi connectivity index (χ0n) is 9.47. The summed E-state index contributed by atoms with van der Waals surface area (Å²) in [6, 6.07) is 5.84. The molecule has 2 rings (SSSR count). The Morgan fingerprint density at radius 1 is 1.40 bits per heavy atom. The van der Waals surface area contributed by atoms with Crippen LogP contribution < -0.4 is 0 Å². The van der Waals surface area contributed by atoms with E-state index < -0.39 is 5.60 Å². The zero-order chi connectivity index (χ0) is 11.3. The highest BCUT2D eigenvalue weighted by Gasteiger charge is 2.53. The van der Waals surface area contributed by atoms with Crippen LogP contribution in [-0.4, -0.2) is 5.11 Å². The van der Waals surface area contributed by atoms with Crippen molar-refractivity contribution in [1.29, 1.82) is 0 Å². The first kappa shape index (κ1) is 11.0. The number of aryl methyl sites for hydroxylation is 1. The highest BCUT2D eigenvalue weighted by molar-refractivity contribution is 6.31. The van der Waals surface area contributed by atoms with Crippen molar-refractivity contribution in [3.63, 3.8) is 0 Å². The summed E-state index contributed by atoms with van der Waals surface area (Å²) in [4.78, 5) is 0. The monoisotopic (exact) mass is 224 g/mol. The molecule has 82 valence electrons. The van der Waals surface area contributed by atoms with Crippen LogP contribution in [0.1, 0.15) is 37.8 Å². The first-order valence-electron chi connectivity index (χ1n) is 5.36. The number of halogens is 1. The van der Waals surface area contributed by atoms with E-state index in [9.17, 15) is 5.11 Å². The van der Waals surface area contributed by atoms with E-state index in [2.05, 4.69) is 6.92 Å². The Kier molecular flexibility index (Phi) is 2.36. The molecule has 0 spiro atoms. The van der Waals surface area contributed by atoms with E-state index in [1.807, 2.05) is 32.0 Å². The summed E-state index contributed by atoms with van der Waals surface area (Å²) in [5, 5.41) is 11.3. The van der Waals surface area contributed by atoms with E-state index in [-0.39, 0.29) is 5.41 Å². The maximum absolute atomic E-state index is 10.5. The van der Waals surface area contributed by atoms with Crippen molar-refractivity contribution in [1.82, 2.24) is 0 Å². The predicted octanol–water partition coefficient (Wildman–Crippen LogP) is 3.66. The van der Waals surface area contributed by atoms with E-state index in [1.54, 1.807) is 0 Å². The first-order valence-corrected chi connectivity index (χ1v) is 5.74. The summed E-state index contributed by atoms with van der Waals surface area (Å²) in [7, 11) is 0. The third kappa shape index (κ3) is 1.68. The maximum atomic E-state index is 10.5. The lowest BCUT2D eigenvalue weighted by Crippen LogP contribution is -2.31. The summed E-state index contributed by atoms with van der Waals surface area (Å²) in [5.41, 5.74) is 1.26. The second-order valence-electron chi connectivity index (χ2n) is 5.10. The number of hydrogen-bond donors (Lipinski definition) is 1. The Balaban J connectivity index is 2.41.